The van der Waals surface area contributed by atoms with Crippen molar-refractivity contribution in [3.63, 3.8) is 0 Å². The van der Waals surface area contributed by atoms with Gasteiger partial charge in [-0.1, -0.05) is 18.2 Å². The summed E-state index contributed by atoms with van der Waals surface area (Å²) in [5, 5.41) is 3.46. The van der Waals surface area contributed by atoms with Crippen LogP contribution in [0, 0.1) is 0 Å². The second kappa shape index (κ2) is 4.32. The number of β-lactam (4-membered cyclic amide) rings is 1. The molecule has 5 nitrogen and oxygen atoms in total. The number of carbonyl (C=O) groups is 1. The van der Waals surface area contributed by atoms with E-state index >= 15 is 0 Å². The van der Waals surface area contributed by atoms with Crippen LogP contribution in [0.25, 0.3) is 0 Å². The van der Waals surface area contributed by atoms with E-state index in [1.54, 1.807) is 11.1 Å². The number of rotatable bonds is 3. The summed E-state index contributed by atoms with van der Waals surface area (Å²) in [6.45, 7) is 1.23. The van der Waals surface area contributed by atoms with Gasteiger partial charge < -0.3 is 16.5 Å². The molecule has 0 bridgehead atoms. The number of hydrazone groups is 1. The Balaban J connectivity index is 2.05. The zero-order chi connectivity index (χ0) is 11.5. The van der Waals surface area contributed by atoms with E-state index in [0.29, 0.717) is 13.1 Å². The van der Waals surface area contributed by atoms with Crippen molar-refractivity contribution in [2.75, 3.05) is 6.54 Å². The molecule has 1 amide bonds. The summed E-state index contributed by atoms with van der Waals surface area (Å²) in [7, 11) is 0. The van der Waals surface area contributed by atoms with Crippen LogP contribution in [0.3, 0.4) is 0 Å². The minimum absolute atomic E-state index is 0.0119. The lowest BCUT2D eigenvalue weighted by atomic mass is 10.1. The Morgan fingerprint density at radius 1 is 1.56 bits per heavy atom. The summed E-state index contributed by atoms with van der Waals surface area (Å²) in [6, 6.07) is 7.42. The van der Waals surface area contributed by atoms with E-state index in [2.05, 4.69) is 5.10 Å². The summed E-state index contributed by atoms with van der Waals surface area (Å²) >= 11 is 0. The van der Waals surface area contributed by atoms with Crippen LogP contribution in [-0.4, -0.2) is 29.6 Å². The third-order valence-corrected chi connectivity index (χ3v) is 2.59. The Hall–Kier alpha value is -1.88. The zero-order valence-electron chi connectivity index (χ0n) is 8.84. The van der Waals surface area contributed by atoms with Crippen LogP contribution >= 0.6 is 0 Å². The fraction of sp³-hybridized carbons (Fsp3) is 0.273. The lowest BCUT2D eigenvalue weighted by Gasteiger charge is -2.36. The first-order chi connectivity index (χ1) is 7.70. The molecule has 0 spiro atoms. The normalized spacial score (nSPS) is 20.2. The molecular formula is C11H14N4O. The van der Waals surface area contributed by atoms with Crippen molar-refractivity contribution in [1.82, 2.24) is 4.90 Å². The number of carbonyl (C=O) groups excluding carboxylic acids is 1. The fourth-order valence-electron chi connectivity index (χ4n) is 1.75. The number of amides is 1. The topological polar surface area (TPSA) is 84.7 Å². The molecule has 1 fully saturated rings. The van der Waals surface area contributed by atoms with Crippen LogP contribution < -0.4 is 11.6 Å². The van der Waals surface area contributed by atoms with E-state index in [9.17, 15) is 4.79 Å². The second-order valence-electron chi connectivity index (χ2n) is 3.85. The molecule has 0 unspecified atom stereocenters. The van der Waals surface area contributed by atoms with Crippen LogP contribution in [0.1, 0.15) is 11.1 Å². The van der Waals surface area contributed by atoms with Gasteiger partial charge in [0.1, 0.15) is 6.04 Å². The Kier molecular flexibility index (Phi) is 2.87. The molecule has 0 saturated carbocycles. The van der Waals surface area contributed by atoms with Gasteiger partial charge in [-0.3, -0.25) is 4.79 Å². The minimum atomic E-state index is -0.311. The molecule has 1 aromatic rings. The molecule has 1 atom stereocenters. The van der Waals surface area contributed by atoms with E-state index in [1.165, 1.54) is 0 Å². The molecule has 0 aromatic heterocycles. The number of likely N-dealkylation sites (tertiary alicyclic amines) is 1. The average Bonchev–Trinajstić information content (AvgIpc) is 2.29. The van der Waals surface area contributed by atoms with E-state index in [1.807, 2.05) is 24.3 Å². The second-order valence-corrected chi connectivity index (χ2v) is 3.85. The van der Waals surface area contributed by atoms with Crippen molar-refractivity contribution >= 4 is 12.1 Å². The maximum Gasteiger partial charge on any atom is 0.241 e. The van der Waals surface area contributed by atoms with Crippen molar-refractivity contribution in [2.24, 2.45) is 16.7 Å². The highest BCUT2D eigenvalue weighted by atomic mass is 16.2. The SMILES string of the molecule is NN=Cc1cccc(CN2C[C@H](N)C2=O)c1. The Morgan fingerprint density at radius 2 is 2.38 bits per heavy atom. The van der Waals surface area contributed by atoms with Crippen LogP contribution in [0.4, 0.5) is 0 Å². The maximum atomic E-state index is 11.3. The molecule has 2 rings (SSSR count). The van der Waals surface area contributed by atoms with Gasteiger partial charge in [0.05, 0.1) is 6.21 Å². The summed E-state index contributed by atoms with van der Waals surface area (Å²) < 4.78 is 0. The third kappa shape index (κ3) is 2.04. The lowest BCUT2D eigenvalue weighted by molar-refractivity contribution is -0.143. The predicted molar refractivity (Wildman–Crippen MR) is 61.6 cm³/mol. The van der Waals surface area contributed by atoms with Crippen molar-refractivity contribution in [3.05, 3.63) is 35.4 Å². The summed E-state index contributed by atoms with van der Waals surface area (Å²) in [4.78, 5) is 13.1. The van der Waals surface area contributed by atoms with Gasteiger partial charge in [-0.25, -0.2) is 0 Å². The van der Waals surface area contributed by atoms with Crippen molar-refractivity contribution in [2.45, 2.75) is 12.6 Å². The smallest absolute Gasteiger partial charge is 0.241 e. The predicted octanol–water partition coefficient (Wildman–Crippen LogP) is -0.351. The lowest BCUT2D eigenvalue weighted by Crippen LogP contribution is -2.60. The van der Waals surface area contributed by atoms with Gasteiger partial charge in [0.25, 0.3) is 0 Å². The molecule has 0 radical (unpaired) electrons. The maximum absolute atomic E-state index is 11.3. The molecule has 4 N–H and O–H groups in total. The highest BCUT2D eigenvalue weighted by molar-refractivity contribution is 5.87. The molecule has 84 valence electrons. The molecule has 5 heteroatoms. The van der Waals surface area contributed by atoms with Gasteiger partial charge in [0.15, 0.2) is 0 Å². The monoisotopic (exact) mass is 218 g/mol. The van der Waals surface area contributed by atoms with Crippen molar-refractivity contribution < 1.29 is 4.79 Å². The van der Waals surface area contributed by atoms with Crippen LogP contribution in [0.2, 0.25) is 0 Å². The van der Waals surface area contributed by atoms with Crippen molar-refractivity contribution in [1.29, 1.82) is 0 Å². The third-order valence-electron chi connectivity index (χ3n) is 2.59. The van der Waals surface area contributed by atoms with Gasteiger partial charge in [-0.15, -0.1) is 0 Å². The number of nitrogens with zero attached hydrogens (tertiary/aromatic N) is 2. The van der Waals surface area contributed by atoms with Crippen molar-refractivity contribution in [3.8, 4) is 0 Å². The summed E-state index contributed by atoms with van der Waals surface area (Å²) in [5.74, 6) is 5.09. The standard InChI is InChI=1S/C11H14N4O/c12-10-7-15(11(10)16)6-9-3-1-2-8(4-9)5-14-13/h1-5,10H,6-7,12-13H2/t10-/m0/s1. The fourth-order valence-corrected chi connectivity index (χ4v) is 1.75. The first kappa shape index (κ1) is 10.6. The summed E-state index contributed by atoms with van der Waals surface area (Å²) in [5.41, 5.74) is 7.50. The molecule has 1 heterocycles. The van der Waals surface area contributed by atoms with E-state index in [-0.39, 0.29) is 11.9 Å². The first-order valence-corrected chi connectivity index (χ1v) is 5.07. The molecule has 0 aliphatic carbocycles. The highest BCUT2D eigenvalue weighted by Gasteiger charge is 2.32. The number of hydrogen-bond acceptors (Lipinski definition) is 4. The van der Waals surface area contributed by atoms with Gasteiger partial charge >= 0.3 is 0 Å². The number of nitrogens with two attached hydrogens (primary N) is 2. The Morgan fingerprint density at radius 3 is 3.00 bits per heavy atom. The Bertz CT molecular complexity index is 430. The Labute approximate surface area is 93.7 Å². The largest absolute Gasteiger partial charge is 0.335 e. The van der Waals surface area contributed by atoms with Gasteiger partial charge in [-0.05, 0) is 17.2 Å². The van der Waals surface area contributed by atoms with Crippen LogP contribution in [0.15, 0.2) is 29.4 Å². The van der Waals surface area contributed by atoms with E-state index < -0.39 is 0 Å². The molecular weight excluding hydrogens is 204 g/mol. The first-order valence-electron chi connectivity index (χ1n) is 5.07. The van der Waals surface area contributed by atoms with Crippen LogP contribution in [0.5, 0.6) is 0 Å². The van der Waals surface area contributed by atoms with Crippen LogP contribution in [-0.2, 0) is 11.3 Å². The molecule has 16 heavy (non-hydrogen) atoms. The van der Waals surface area contributed by atoms with E-state index in [0.717, 1.165) is 11.1 Å². The van der Waals surface area contributed by atoms with Gasteiger partial charge in [0.2, 0.25) is 5.91 Å². The summed E-state index contributed by atoms with van der Waals surface area (Å²) in [6.07, 6.45) is 1.58. The molecule has 1 saturated heterocycles. The quantitative estimate of drug-likeness (QED) is 0.315. The van der Waals surface area contributed by atoms with E-state index in [4.69, 9.17) is 11.6 Å². The van der Waals surface area contributed by atoms with Gasteiger partial charge in [0, 0.05) is 13.1 Å². The highest BCUT2D eigenvalue weighted by Crippen LogP contribution is 2.14. The molecule has 1 aliphatic rings. The van der Waals surface area contributed by atoms with Gasteiger partial charge in [-0.2, -0.15) is 5.10 Å². The molecule has 1 aromatic carbocycles. The number of benzene rings is 1. The number of hydrogen-bond donors (Lipinski definition) is 2. The molecule has 1 aliphatic heterocycles. The average molecular weight is 218 g/mol. The zero-order valence-corrected chi connectivity index (χ0v) is 8.84. The minimum Gasteiger partial charge on any atom is -0.335 e.